The zero-order valence-electron chi connectivity index (χ0n) is 27.0. The number of nitrogens with zero attached hydrogens (tertiary/aromatic N) is 4. The monoisotopic (exact) mass is 688 g/mol. The molecule has 1 saturated heterocycles. The number of carbonyl (C=O) groups is 1. The first kappa shape index (κ1) is 33.0. The molecular weight excluding hydrogens is 653 g/mol. The van der Waals surface area contributed by atoms with Crippen LogP contribution in [0.5, 0.6) is 0 Å². The molecule has 1 amide bonds. The third kappa shape index (κ3) is 6.87. The van der Waals surface area contributed by atoms with Gasteiger partial charge in [-0.2, -0.15) is 13.2 Å². The number of hydrogen-bond donors (Lipinski definition) is 2. The van der Waals surface area contributed by atoms with E-state index in [2.05, 4.69) is 50.9 Å². The van der Waals surface area contributed by atoms with Gasteiger partial charge in [0, 0.05) is 73.1 Å². The van der Waals surface area contributed by atoms with Gasteiger partial charge in [-0.3, -0.25) is 20.0 Å². The van der Waals surface area contributed by atoms with Crippen molar-refractivity contribution in [2.75, 3.05) is 25.0 Å². The molecule has 2 aromatic carbocycles. The highest BCUT2D eigenvalue weighted by molar-refractivity contribution is 7.13. The van der Waals surface area contributed by atoms with Crippen molar-refractivity contribution in [3.63, 3.8) is 0 Å². The van der Waals surface area contributed by atoms with Crippen LogP contribution in [0, 0.1) is 23.2 Å². The minimum Gasteiger partial charge on any atom is -0.350 e. The first-order chi connectivity index (χ1) is 23.5. The van der Waals surface area contributed by atoms with E-state index in [4.69, 9.17) is 0 Å². The number of fused-ring (bicyclic) bond motifs is 1. The average Bonchev–Trinajstić information content (AvgIpc) is 3.65. The Balaban J connectivity index is 1.15. The number of likely N-dealkylation sites (tertiary alicyclic amines) is 1. The van der Waals surface area contributed by atoms with E-state index in [1.54, 1.807) is 11.4 Å². The Morgan fingerprint density at radius 2 is 1.94 bits per heavy atom. The van der Waals surface area contributed by atoms with Crippen molar-refractivity contribution < 1.29 is 22.4 Å². The maximum Gasteiger partial charge on any atom is 0.416 e. The molecule has 1 aromatic heterocycles. The number of anilines is 1. The number of amides is 1. The van der Waals surface area contributed by atoms with E-state index in [-0.39, 0.29) is 46.2 Å². The summed E-state index contributed by atoms with van der Waals surface area (Å²) < 4.78 is 59.2. The zero-order valence-corrected chi connectivity index (χ0v) is 27.9. The molecule has 1 saturated carbocycles. The molecule has 7 nitrogen and oxygen atoms in total. The van der Waals surface area contributed by atoms with E-state index >= 15 is 4.39 Å². The minimum atomic E-state index is -4.71. The Hall–Kier alpha value is -4.47. The number of allylic oxidation sites excluding steroid dienone is 1. The second-order valence-electron chi connectivity index (χ2n) is 13.6. The van der Waals surface area contributed by atoms with Crippen LogP contribution in [0.15, 0.2) is 71.1 Å². The van der Waals surface area contributed by atoms with Gasteiger partial charge < -0.3 is 10.2 Å². The van der Waals surface area contributed by atoms with Gasteiger partial charge in [-0.15, -0.1) is 11.3 Å². The number of benzene rings is 2. The lowest BCUT2D eigenvalue weighted by atomic mass is 9.58. The molecule has 12 heteroatoms. The summed E-state index contributed by atoms with van der Waals surface area (Å²) in [4.78, 5) is 25.8. The van der Waals surface area contributed by atoms with Crippen molar-refractivity contribution in [2.24, 2.45) is 16.3 Å². The summed E-state index contributed by atoms with van der Waals surface area (Å²) in [5, 5.41) is 7.41. The minimum absolute atomic E-state index is 0.0147. The SMILES string of the molecule is C=C1c2cc(C#Cc3ccc(CN4CC5(CC(C)C5)C4)cc3)cc(C(F)(F)F)c2CN1C(C(=O)Nc1nccs1)C1=C(F)CCCN=CN1. The van der Waals surface area contributed by atoms with Crippen LogP contribution in [-0.4, -0.2) is 52.7 Å². The molecular formula is C37H36F4N6OS. The van der Waals surface area contributed by atoms with E-state index in [9.17, 15) is 18.0 Å². The molecule has 49 heavy (non-hydrogen) atoms. The highest BCUT2D eigenvalue weighted by Gasteiger charge is 2.50. The molecule has 1 aliphatic carbocycles. The Morgan fingerprint density at radius 1 is 1.18 bits per heavy atom. The third-order valence-corrected chi connectivity index (χ3v) is 10.4. The number of thiazole rings is 1. The van der Waals surface area contributed by atoms with Gasteiger partial charge in [0.2, 0.25) is 0 Å². The van der Waals surface area contributed by atoms with Crippen LogP contribution in [-0.2, 0) is 24.1 Å². The summed E-state index contributed by atoms with van der Waals surface area (Å²) in [6, 6.07) is 9.03. The molecule has 2 N–H and O–H groups in total. The van der Waals surface area contributed by atoms with E-state index in [0.29, 0.717) is 23.9 Å². The summed E-state index contributed by atoms with van der Waals surface area (Å²) in [5.74, 6) is 5.51. The molecule has 1 spiro atoms. The normalized spacial score (nSPS) is 19.6. The van der Waals surface area contributed by atoms with Gasteiger partial charge in [-0.25, -0.2) is 9.37 Å². The number of rotatable bonds is 6. The van der Waals surface area contributed by atoms with Crippen LogP contribution in [0.4, 0.5) is 22.7 Å². The standard InChI is InChI=1S/C37H36F4N6OS/c1-23-16-36(17-23)20-46(21-36)18-26-8-5-25(6-9-26)7-10-27-14-28-24(2)47(19-29(28)30(15-27)37(39,40)41)33(34(48)45-35-43-12-13-49-35)32-31(38)4-3-11-42-22-44-32/h5-6,8-9,12-15,22-23,33H,2-4,11,16-21H2,1H3,(H,42,44)(H,43,45,48). The van der Waals surface area contributed by atoms with Gasteiger partial charge in [0.25, 0.3) is 5.91 Å². The predicted octanol–water partition coefficient (Wildman–Crippen LogP) is 7.18. The molecule has 2 fully saturated rings. The molecule has 1 atom stereocenters. The summed E-state index contributed by atoms with van der Waals surface area (Å²) in [5.41, 5.74) is 1.87. The number of carbonyl (C=O) groups excluding carboxylic acids is 1. The Kier molecular flexibility index (Phi) is 8.83. The van der Waals surface area contributed by atoms with E-state index in [1.165, 1.54) is 47.2 Å². The molecule has 1 unspecified atom stereocenters. The van der Waals surface area contributed by atoms with Gasteiger partial charge in [0.1, 0.15) is 5.83 Å². The smallest absolute Gasteiger partial charge is 0.350 e. The molecule has 4 aliphatic rings. The van der Waals surface area contributed by atoms with Crippen molar-refractivity contribution in [3.05, 3.63) is 99.5 Å². The van der Waals surface area contributed by atoms with Gasteiger partial charge in [-0.05, 0) is 66.0 Å². The van der Waals surface area contributed by atoms with Crippen molar-refractivity contribution in [3.8, 4) is 11.8 Å². The molecule has 3 aromatic rings. The quantitative estimate of drug-likeness (QED) is 0.212. The van der Waals surface area contributed by atoms with Crippen LogP contribution in [0.3, 0.4) is 0 Å². The van der Waals surface area contributed by atoms with Crippen LogP contribution < -0.4 is 10.6 Å². The highest BCUT2D eigenvalue weighted by Crippen LogP contribution is 2.52. The maximum atomic E-state index is 15.6. The lowest BCUT2D eigenvalue weighted by Gasteiger charge is -2.59. The third-order valence-electron chi connectivity index (χ3n) is 9.72. The predicted molar refractivity (Wildman–Crippen MR) is 183 cm³/mol. The Bertz CT molecular complexity index is 1880. The van der Waals surface area contributed by atoms with Crippen molar-refractivity contribution in [2.45, 2.75) is 57.9 Å². The fourth-order valence-electron chi connectivity index (χ4n) is 7.71. The highest BCUT2D eigenvalue weighted by atomic mass is 32.1. The number of aliphatic imine (C=N–C) groups is 1. The van der Waals surface area contributed by atoms with Gasteiger partial charge >= 0.3 is 6.18 Å². The Labute approximate surface area is 286 Å². The fourth-order valence-corrected chi connectivity index (χ4v) is 8.24. The number of alkyl halides is 3. The van der Waals surface area contributed by atoms with Crippen molar-refractivity contribution in [1.29, 1.82) is 0 Å². The van der Waals surface area contributed by atoms with Crippen LogP contribution in [0.1, 0.15) is 66.0 Å². The number of halogens is 4. The van der Waals surface area contributed by atoms with Crippen LogP contribution in [0.2, 0.25) is 0 Å². The summed E-state index contributed by atoms with van der Waals surface area (Å²) >= 11 is 1.17. The first-order valence-corrected chi connectivity index (χ1v) is 17.2. The Morgan fingerprint density at radius 3 is 2.63 bits per heavy atom. The lowest BCUT2D eigenvalue weighted by Crippen LogP contribution is -2.61. The molecule has 7 rings (SSSR count). The van der Waals surface area contributed by atoms with Gasteiger partial charge in [-0.1, -0.05) is 37.5 Å². The summed E-state index contributed by atoms with van der Waals surface area (Å²) in [7, 11) is 0. The van der Waals surface area contributed by atoms with Gasteiger partial charge in [0.15, 0.2) is 11.2 Å². The van der Waals surface area contributed by atoms with E-state index < -0.39 is 29.5 Å². The molecule has 0 bridgehead atoms. The molecule has 0 radical (unpaired) electrons. The van der Waals surface area contributed by atoms with Crippen LogP contribution >= 0.6 is 11.3 Å². The second kappa shape index (κ2) is 13.1. The first-order valence-electron chi connectivity index (χ1n) is 16.4. The molecule has 254 valence electrons. The summed E-state index contributed by atoms with van der Waals surface area (Å²) in [6.07, 6.45) is 1.16. The van der Waals surface area contributed by atoms with Gasteiger partial charge in [0.05, 0.1) is 17.6 Å². The topological polar surface area (TPSA) is 72.9 Å². The van der Waals surface area contributed by atoms with Crippen LogP contribution in [0.25, 0.3) is 5.70 Å². The van der Waals surface area contributed by atoms with Crippen molar-refractivity contribution in [1.82, 2.24) is 20.1 Å². The number of aromatic nitrogens is 1. The fraction of sp³-hybridized carbons (Fsp3) is 0.378. The van der Waals surface area contributed by atoms with E-state index in [1.807, 2.05) is 24.3 Å². The molecule has 4 heterocycles. The average molecular weight is 689 g/mol. The zero-order chi connectivity index (χ0) is 34.3. The summed E-state index contributed by atoms with van der Waals surface area (Å²) in [6.45, 7) is 9.62. The number of hydrogen-bond acceptors (Lipinski definition) is 7. The van der Waals surface area contributed by atoms with Crippen molar-refractivity contribution >= 4 is 34.4 Å². The lowest BCUT2D eigenvalue weighted by molar-refractivity contribution is -0.138. The maximum absolute atomic E-state index is 15.6. The second-order valence-corrected chi connectivity index (χ2v) is 14.5. The van der Waals surface area contributed by atoms with E-state index in [0.717, 1.165) is 31.6 Å². The largest absolute Gasteiger partial charge is 0.416 e. The number of nitrogens with one attached hydrogen (secondary N) is 2. The molecule has 3 aliphatic heterocycles.